The monoisotopic (exact) mass is 512 g/mol. The largest absolute Gasteiger partial charge is 0.342 e. The maximum absolute atomic E-state index is 12.7. The van der Waals surface area contributed by atoms with Gasteiger partial charge in [0.15, 0.2) is 0 Å². The summed E-state index contributed by atoms with van der Waals surface area (Å²) in [4.78, 5) is 41.3. The van der Waals surface area contributed by atoms with Crippen molar-refractivity contribution in [2.24, 2.45) is 5.92 Å². The Balaban J connectivity index is 1.43. The summed E-state index contributed by atoms with van der Waals surface area (Å²) >= 11 is 2.20. The highest BCUT2D eigenvalue weighted by Crippen LogP contribution is 2.22. The molecule has 1 aromatic rings. The minimum Gasteiger partial charge on any atom is -0.342 e. The number of nitrogens with zero attached hydrogens (tertiary/aromatic N) is 2. The van der Waals surface area contributed by atoms with E-state index in [1.165, 1.54) is 6.42 Å². The molecule has 0 unspecified atom stereocenters. The molecule has 2 aliphatic rings. The van der Waals surface area contributed by atoms with Crippen LogP contribution in [0.15, 0.2) is 24.3 Å². The number of hydrogen-bond acceptors (Lipinski definition) is 3. The predicted molar refractivity (Wildman–Crippen MR) is 121 cm³/mol. The van der Waals surface area contributed by atoms with E-state index in [2.05, 4.69) is 33.2 Å². The van der Waals surface area contributed by atoms with Gasteiger partial charge in [-0.15, -0.1) is 0 Å². The fourth-order valence-corrected chi connectivity index (χ4v) is 4.31. The van der Waals surface area contributed by atoms with Gasteiger partial charge in [-0.2, -0.15) is 0 Å². The lowest BCUT2D eigenvalue weighted by Crippen LogP contribution is -2.51. The lowest BCUT2D eigenvalue weighted by atomic mass is 9.94. The number of hydrogen-bond donors (Lipinski definition) is 2. The van der Waals surface area contributed by atoms with E-state index in [4.69, 9.17) is 0 Å². The number of halogens is 1. The van der Waals surface area contributed by atoms with E-state index in [0.29, 0.717) is 31.6 Å². The standard InChI is InChI=1S/C21H29IN4O3/c1-15(23-21(29)24-18-7-5-17(22)6-8-18)19(27)26-13-9-16(10-14-26)20(28)25-11-3-2-4-12-25/h5-8,15-16H,2-4,9-14H2,1H3,(H2,23,24,29)/t15-/m0/s1. The van der Waals surface area contributed by atoms with Crippen LogP contribution in [0.5, 0.6) is 0 Å². The number of rotatable bonds is 4. The van der Waals surface area contributed by atoms with E-state index in [1.807, 2.05) is 29.2 Å². The third-order valence-electron chi connectivity index (χ3n) is 5.64. The molecule has 0 saturated carbocycles. The average Bonchev–Trinajstić information content (AvgIpc) is 2.75. The molecule has 7 nitrogen and oxygen atoms in total. The third-order valence-corrected chi connectivity index (χ3v) is 6.36. The second-order valence-electron chi connectivity index (χ2n) is 7.81. The summed E-state index contributed by atoms with van der Waals surface area (Å²) in [7, 11) is 0. The van der Waals surface area contributed by atoms with Gasteiger partial charge in [0.1, 0.15) is 6.04 Å². The topological polar surface area (TPSA) is 81.8 Å². The van der Waals surface area contributed by atoms with Crippen LogP contribution in [-0.2, 0) is 9.59 Å². The van der Waals surface area contributed by atoms with Crippen LogP contribution >= 0.6 is 22.6 Å². The van der Waals surface area contributed by atoms with Crippen molar-refractivity contribution in [3.8, 4) is 0 Å². The number of urea groups is 1. The van der Waals surface area contributed by atoms with Gasteiger partial charge in [0.25, 0.3) is 0 Å². The van der Waals surface area contributed by atoms with Gasteiger partial charge in [0, 0.05) is 41.4 Å². The highest BCUT2D eigenvalue weighted by atomic mass is 127. The normalized spacial score (nSPS) is 18.8. The molecule has 0 aliphatic carbocycles. The molecule has 1 atom stereocenters. The van der Waals surface area contributed by atoms with E-state index in [0.717, 1.165) is 29.5 Å². The maximum Gasteiger partial charge on any atom is 0.319 e. The molecule has 158 valence electrons. The Bertz CT molecular complexity index is 726. The molecule has 0 aromatic heterocycles. The Kier molecular flexibility index (Phi) is 7.74. The molecule has 0 spiro atoms. The van der Waals surface area contributed by atoms with Gasteiger partial charge in [-0.25, -0.2) is 4.79 Å². The lowest BCUT2D eigenvalue weighted by Gasteiger charge is -2.36. The number of nitrogens with one attached hydrogen (secondary N) is 2. The minimum atomic E-state index is -0.617. The first-order chi connectivity index (χ1) is 13.9. The van der Waals surface area contributed by atoms with Gasteiger partial charge < -0.3 is 20.4 Å². The summed E-state index contributed by atoms with van der Waals surface area (Å²) in [6.07, 6.45) is 4.79. The molecule has 0 radical (unpaired) electrons. The molecule has 2 saturated heterocycles. The molecule has 29 heavy (non-hydrogen) atoms. The first-order valence-corrected chi connectivity index (χ1v) is 11.4. The summed E-state index contributed by atoms with van der Waals surface area (Å²) in [5.41, 5.74) is 0.680. The quantitative estimate of drug-likeness (QED) is 0.609. The van der Waals surface area contributed by atoms with Gasteiger partial charge in [-0.05, 0) is 85.9 Å². The number of anilines is 1. The molecule has 2 aliphatic heterocycles. The van der Waals surface area contributed by atoms with Crippen molar-refractivity contribution in [2.45, 2.75) is 45.1 Å². The van der Waals surface area contributed by atoms with Crippen LogP contribution in [0.3, 0.4) is 0 Å². The van der Waals surface area contributed by atoms with Crippen LogP contribution < -0.4 is 10.6 Å². The summed E-state index contributed by atoms with van der Waals surface area (Å²) in [6.45, 7) is 4.56. The molecular weight excluding hydrogens is 483 g/mol. The zero-order valence-electron chi connectivity index (χ0n) is 16.8. The Morgan fingerprint density at radius 1 is 0.966 bits per heavy atom. The van der Waals surface area contributed by atoms with Gasteiger partial charge in [-0.1, -0.05) is 0 Å². The van der Waals surface area contributed by atoms with Crippen molar-refractivity contribution in [2.75, 3.05) is 31.5 Å². The average molecular weight is 512 g/mol. The summed E-state index contributed by atoms with van der Waals surface area (Å²) in [6, 6.07) is 6.42. The molecule has 4 amide bonds. The first-order valence-electron chi connectivity index (χ1n) is 10.3. The highest BCUT2D eigenvalue weighted by Gasteiger charge is 2.32. The van der Waals surface area contributed by atoms with E-state index < -0.39 is 12.1 Å². The van der Waals surface area contributed by atoms with Crippen molar-refractivity contribution < 1.29 is 14.4 Å². The predicted octanol–water partition coefficient (Wildman–Crippen LogP) is 3.05. The summed E-state index contributed by atoms with van der Waals surface area (Å²) in [5, 5.41) is 5.45. The number of carbonyl (C=O) groups excluding carboxylic acids is 3. The number of likely N-dealkylation sites (tertiary alicyclic amines) is 2. The van der Waals surface area contributed by atoms with Crippen molar-refractivity contribution in [3.05, 3.63) is 27.8 Å². The zero-order valence-corrected chi connectivity index (χ0v) is 19.0. The van der Waals surface area contributed by atoms with Crippen LogP contribution in [0.1, 0.15) is 39.0 Å². The van der Waals surface area contributed by atoms with Gasteiger partial charge in [0.05, 0.1) is 0 Å². The number of piperidine rings is 2. The fraction of sp³-hybridized carbons (Fsp3) is 0.571. The second-order valence-corrected chi connectivity index (χ2v) is 9.06. The third kappa shape index (κ3) is 6.07. The van der Waals surface area contributed by atoms with Crippen LogP contribution in [0.25, 0.3) is 0 Å². The van der Waals surface area contributed by atoms with Crippen molar-refractivity contribution >= 4 is 46.1 Å². The second kappa shape index (κ2) is 10.3. The molecule has 2 heterocycles. The van der Waals surface area contributed by atoms with Crippen molar-refractivity contribution in [3.63, 3.8) is 0 Å². The van der Waals surface area contributed by atoms with Crippen LogP contribution in [-0.4, -0.2) is 59.9 Å². The van der Waals surface area contributed by atoms with E-state index in [-0.39, 0.29) is 17.7 Å². The molecule has 8 heteroatoms. The first kappa shape index (κ1) is 21.9. The van der Waals surface area contributed by atoms with Gasteiger partial charge in [0.2, 0.25) is 11.8 Å². The zero-order chi connectivity index (χ0) is 20.8. The Morgan fingerprint density at radius 2 is 1.59 bits per heavy atom. The Hall–Kier alpha value is -1.84. The molecule has 1 aromatic carbocycles. The SMILES string of the molecule is C[C@H](NC(=O)Nc1ccc(I)cc1)C(=O)N1CCC(C(=O)N2CCCCC2)CC1. The smallest absolute Gasteiger partial charge is 0.319 e. The van der Waals surface area contributed by atoms with Crippen LogP contribution in [0.4, 0.5) is 10.5 Å². The molecule has 3 rings (SSSR count). The van der Waals surface area contributed by atoms with Crippen LogP contribution in [0.2, 0.25) is 0 Å². The van der Waals surface area contributed by atoms with E-state index in [1.54, 1.807) is 11.8 Å². The number of benzene rings is 1. The summed E-state index contributed by atoms with van der Waals surface area (Å²) in [5.74, 6) is 0.163. The van der Waals surface area contributed by atoms with Crippen molar-refractivity contribution in [1.29, 1.82) is 0 Å². The molecular formula is C21H29IN4O3. The van der Waals surface area contributed by atoms with Gasteiger partial charge in [-0.3, -0.25) is 9.59 Å². The lowest BCUT2D eigenvalue weighted by molar-refractivity contribution is -0.141. The maximum atomic E-state index is 12.7. The molecule has 2 N–H and O–H groups in total. The minimum absolute atomic E-state index is 0.0181. The molecule has 0 bridgehead atoms. The molecule has 2 fully saturated rings. The van der Waals surface area contributed by atoms with Crippen molar-refractivity contribution in [1.82, 2.24) is 15.1 Å². The van der Waals surface area contributed by atoms with E-state index >= 15 is 0 Å². The van der Waals surface area contributed by atoms with Gasteiger partial charge >= 0.3 is 6.03 Å². The van der Waals surface area contributed by atoms with E-state index in [9.17, 15) is 14.4 Å². The highest BCUT2D eigenvalue weighted by molar-refractivity contribution is 14.1. The summed E-state index contributed by atoms with van der Waals surface area (Å²) < 4.78 is 1.08. The number of amides is 4. The fourth-order valence-electron chi connectivity index (χ4n) is 3.95. The number of carbonyl (C=O) groups is 3. The Labute approximate surface area is 185 Å². The Morgan fingerprint density at radius 3 is 2.21 bits per heavy atom. The van der Waals surface area contributed by atoms with Crippen LogP contribution in [0, 0.1) is 9.49 Å².